The highest BCUT2D eigenvalue weighted by Gasteiger charge is 2.26. The number of aromatic amines is 1. The fourth-order valence-corrected chi connectivity index (χ4v) is 3.98. The molecule has 1 atom stereocenters. The van der Waals surface area contributed by atoms with Gasteiger partial charge >= 0.3 is 0 Å². The van der Waals surface area contributed by atoms with E-state index in [9.17, 15) is 0 Å². The highest BCUT2D eigenvalue weighted by Crippen LogP contribution is 2.37. The van der Waals surface area contributed by atoms with E-state index < -0.39 is 11.9 Å². The summed E-state index contributed by atoms with van der Waals surface area (Å²) in [7, 11) is 1.58. The van der Waals surface area contributed by atoms with Crippen LogP contribution in [0.25, 0.3) is 11.3 Å². The standard InChI is InChI=1S/C28H31FN6O3/c1-5-37-19-12-20(25(29)24(13-19)38-16(2)3)26(34-18-8-6-17(7-9-18)27(30)31)28-33-15-22(35-28)21-14-32-11-10-23(21)36-4/h6-16,26,34H,5H2,1-4H3,(H3,30,31)(H,33,35). The number of amidine groups is 1. The van der Waals surface area contributed by atoms with Crippen LogP contribution in [0.4, 0.5) is 10.1 Å². The summed E-state index contributed by atoms with van der Waals surface area (Å²) in [4.78, 5) is 12.1. The number of nitrogens with two attached hydrogens (primary N) is 1. The first kappa shape index (κ1) is 26.5. The average molecular weight is 519 g/mol. The van der Waals surface area contributed by atoms with Crippen molar-refractivity contribution in [3.8, 4) is 28.5 Å². The fraction of sp³-hybridized carbons (Fsp3) is 0.250. The minimum Gasteiger partial charge on any atom is -0.496 e. The van der Waals surface area contributed by atoms with Crippen LogP contribution < -0.4 is 25.3 Å². The minimum absolute atomic E-state index is 0.0415. The van der Waals surface area contributed by atoms with Gasteiger partial charge in [-0.25, -0.2) is 9.37 Å². The number of aromatic nitrogens is 3. The zero-order chi connectivity index (χ0) is 27.2. The van der Waals surface area contributed by atoms with Crippen LogP contribution in [0.3, 0.4) is 0 Å². The zero-order valence-electron chi connectivity index (χ0n) is 21.7. The van der Waals surface area contributed by atoms with Gasteiger partial charge in [-0.3, -0.25) is 10.4 Å². The summed E-state index contributed by atoms with van der Waals surface area (Å²) in [6.07, 6.45) is 4.72. The predicted octanol–water partition coefficient (Wildman–Crippen LogP) is 5.29. The number of methoxy groups -OCH3 is 1. The SMILES string of the molecule is CCOc1cc(OC(C)C)c(F)c(C(Nc2ccc(C(=N)N)cc2)c2ncc(-c3cnccc3OC)[nH]2)c1. The lowest BCUT2D eigenvalue weighted by molar-refractivity contribution is 0.228. The van der Waals surface area contributed by atoms with Gasteiger partial charge in [0.25, 0.3) is 0 Å². The van der Waals surface area contributed by atoms with Gasteiger partial charge in [0.15, 0.2) is 11.6 Å². The number of nitrogens with zero attached hydrogens (tertiary/aromatic N) is 2. The number of pyridine rings is 1. The third-order valence-corrected chi connectivity index (χ3v) is 5.69. The van der Waals surface area contributed by atoms with Crippen LogP contribution in [0, 0.1) is 11.2 Å². The lowest BCUT2D eigenvalue weighted by Gasteiger charge is -2.22. The molecule has 0 saturated heterocycles. The van der Waals surface area contributed by atoms with Crippen LogP contribution >= 0.6 is 0 Å². The van der Waals surface area contributed by atoms with Gasteiger partial charge in [0.2, 0.25) is 0 Å². The van der Waals surface area contributed by atoms with Crippen molar-refractivity contribution in [3.63, 3.8) is 0 Å². The van der Waals surface area contributed by atoms with E-state index in [0.717, 1.165) is 0 Å². The first-order chi connectivity index (χ1) is 18.3. The molecule has 38 heavy (non-hydrogen) atoms. The van der Waals surface area contributed by atoms with Gasteiger partial charge in [-0.15, -0.1) is 0 Å². The van der Waals surface area contributed by atoms with Crippen molar-refractivity contribution in [2.75, 3.05) is 19.0 Å². The summed E-state index contributed by atoms with van der Waals surface area (Å²) in [5, 5.41) is 11.0. The summed E-state index contributed by atoms with van der Waals surface area (Å²) in [6, 6.07) is 11.2. The molecule has 1 unspecified atom stereocenters. The molecule has 0 fully saturated rings. The van der Waals surface area contributed by atoms with Crippen LogP contribution in [-0.4, -0.2) is 40.6 Å². The Hall–Kier alpha value is -4.60. The minimum atomic E-state index is -0.760. The van der Waals surface area contributed by atoms with E-state index in [2.05, 4.69) is 20.3 Å². The van der Waals surface area contributed by atoms with Crippen LogP contribution in [-0.2, 0) is 0 Å². The van der Waals surface area contributed by atoms with Gasteiger partial charge in [-0.05, 0) is 57.2 Å². The summed E-state index contributed by atoms with van der Waals surface area (Å²) in [6.45, 7) is 5.93. The molecule has 10 heteroatoms. The Morgan fingerprint density at radius 1 is 1.13 bits per heavy atom. The number of nitrogens with one attached hydrogen (secondary N) is 3. The lowest BCUT2D eigenvalue weighted by Crippen LogP contribution is -2.18. The number of rotatable bonds is 11. The van der Waals surface area contributed by atoms with Gasteiger partial charge in [0.1, 0.15) is 29.2 Å². The molecule has 5 N–H and O–H groups in total. The van der Waals surface area contributed by atoms with Crippen molar-refractivity contribution in [1.82, 2.24) is 15.0 Å². The molecular formula is C28H31FN6O3. The maximum absolute atomic E-state index is 16.0. The second-order valence-electron chi connectivity index (χ2n) is 8.75. The molecule has 0 radical (unpaired) electrons. The second kappa shape index (κ2) is 11.6. The molecule has 0 bridgehead atoms. The average Bonchev–Trinajstić information content (AvgIpc) is 3.39. The van der Waals surface area contributed by atoms with Crippen molar-refractivity contribution in [1.29, 1.82) is 5.41 Å². The van der Waals surface area contributed by atoms with E-state index in [0.29, 0.717) is 46.4 Å². The van der Waals surface area contributed by atoms with Crippen LogP contribution in [0.5, 0.6) is 17.2 Å². The van der Waals surface area contributed by atoms with Crippen molar-refractivity contribution in [2.45, 2.75) is 32.9 Å². The summed E-state index contributed by atoms with van der Waals surface area (Å²) < 4.78 is 33.0. The van der Waals surface area contributed by atoms with Crippen molar-refractivity contribution in [2.24, 2.45) is 5.73 Å². The number of ether oxygens (including phenoxy) is 3. The normalized spacial score (nSPS) is 11.7. The molecule has 2 aromatic carbocycles. The fourth-order valence-electron chi connectivity index (χ4n) is 3.98. The first-order valence-electron chi connectivity index (χ1n) is 12.2. The van der Waals surface area contributed by atoms with E-state index in [-0.39, 0.29) is 23.3 Å². The molecule has 4 rings (SSSR count). The Bertz CT molecular complexity index is 1400. The van der Waals surface area contributed by atoms with Gasteiger partial charge in [0, 0.05) is 35.3 Å². The third-order valence-electron chi connectivity index (χ3n) is 5.69. The Kier molecular flexibility index (Phi) is 8.10. The predicted molar refractivity (Wildman–Crippen MR) is 145 cm³/mol. The molecule has 9 nitrogen and oxygen atoms in total. The molecule has 4 aromatic rings. The first-order valence-corrected chi connectivity index (χ1v) is 12.2. The van der Waals surface area contributed by atoms with Gasteiger partial charge in [0.05, 0.1) is 37.3 Å². The van der Waals surface area contributed by atoms with E-state index in [1.807, 2.05) is 20.8 Å². The molecule has 2 heterocycles. The largest absolute Gasteiger partial charge is 0.496 e. The van der Waals surface area contributed by atoms with E-state index in [1.54, 1.807) is 68.2 Å². The Morgan fingerprint density at radius 2 is 1.89 bits per heavy atom. The summed E-state index contributed by atoms with van der Waals surface area (Å²) >= 11 is 0. The topological polar surface area (TPSA) is 131 Å². The quantitative estimate of drug-likeness (QED) is 0.157. The Balaban J connectivity index is 1.83. The molecule has 0 spiro atoms. The lowest BCUT2D eigenvalue weighted by atomic mass is 10.0. The van der Waals surface area contributed by atoms with Crippen molar-refractivity contribution in [3.05, 3.63) is 83.8 Å². The summed E-state index contributed by atoms with van der Waals surface area (Å²) in [5.41, 5.74) is 8.50. The summed E-state index contributed by atoms with van der Waals surface area (Å²) in [5.74, 6) is 1.05. The number of anilines is 1. The number of halogens is 1. The van der Waals surface area contributed by atoms with Crippen molar-refractivity contribution >= 4 is 11.5 Å². The van der Waals surface area contributed by atoms with E-state index >= 15 is 4.39 Å². The Morgan fingerprint density at radius 3 is 2.55 bits per heavy atom. The molecular weight excluding hydrogens is 487 g/mol. The van der Waals surface area contributed by atoms with Gasteiger partial charge in [-0.1, -0.05) is 0 Å². The number of benzene rings is 2. The molecule has 0 aliphatic rings. The van der Waals surface area contributed by atoms with Gasteiger partial charge < -0.3 is 30.2 Å². The highest BCUT2D eigenvalue weighted by molar-refractivity contribution is 5.95. The molecule has 2 aromatic heterocycles. The van der Waals surface area contributed by atoms with Crippen molar-refractivity contribution < 1.29 is 18.6 Å². The van der Waals surface area contributed by atoms with E-state index in [4.69, 9.17) is 25.4 Å². The number of nitrogen functional groups attached to an aromatic ring is 1. The highest BCUT2D eigenvalue weighted by atomic mass is 19.1. The molecule has 0 aliphatic carbocycles. The van der Waals surface area contributed by atoms with E-state index in [1.165, 1.54) is 0 Å². The number of hydrogen-bond acceptors (Lipinski definition) is 7. The monoisotopic (exact) mass is 518 g/mol. The van der Waals surface area contributed by atoms with Crippen LogP contribution in [0.2, 0.25) is 0 Å². The molecule has 198 valence electrons. The molecule has 0 aliphatic heterocycles. The molecule has 0 saturated carbocycles. The van der Waals surface area contributed by atoms with Gasteiger partial charge in [-0.2, -0.15) is 0 Å². The second-order valence-corrected chi connectivity index (χ2v) is 8.75. The van der Waals surface area contributed by atoms with Crippen LogP contribution in [0.1, 0.15) is 43.8 Å². The molecule has 0 amide bonds. The third kappa shape index (κ3) is 5.86. The number of imidazole rings is 1. The Labute approximate surface area is 220 Å². The smallest absolute Gasteiger partial charge is 0.171 e. The maximum Gasteiger partial charge on any atom is 0.171 e. The van der Waals surface area contributed by atoms with Crippen LogP contribution in [0.15, 0.2) is 61.1 Å². The number of H-pyrrole nitrogens is 1. The maximum atomic E-state index is 16.0. The number of hydrogen-bond donors (Lipinski definition) is 4. The zero-order valence-corrected chi connectivity index (χ0v) is 21.7.